The summed E-state index contributed by atoms with van der Waals surface area (Å²) in [5.74, 6) is -0.635. The fraction of sp³-hybridized carbons (Fsp3) is 0.0625. The van der Waals surface area contributed by atoms with Crippen LogP contribution in [0.15, 0.2) is 54.6 Å². The van der Waals surface area contributed by atoms with Crippen LogP contribution in [0.3, 0.4) is 0 Å². The molecular weight excluding hydrogens is 284 g/mol. The highest BCUT2D eigenvalue weighted by Crippen LogP contribution is 2.13. The van der Waals surface area contributed by atoms with Gasteiger partial charge in [-0.05, 0) is 31.2 Å². The van der Waals surface area contributed by atoms with Crippen molar-refractivity contribution < 1.29 is 19.1 Å². The van der Waals surface area contributed by atoms with Crippen LogP contribution in [-0.4, -0.2) is 22.9 Å². The number of hydrogen-bond donors (Lipinski definition) is 1. The van der Waals surface area contributed by atoms with Gasteiger partial charge in [-0.3, -0.25) is 4.79 Å². The molecule has 6 heteroatoms. The number of benzene rings is 2. The van der Waals surface area contributed by atoms with Crippen molar-refractivity contribution in [2.45, 2.75) is 6.92 Å². The molecule has 0 unspecified atom stereocenters. The van der Waals surface area contributed by atoms with Gasteiger partial charge in [-0.2, -0.15) is 4.90 Å². The van der Waals surface area contributed by atoms with E-state index in [0.717, 1.165) is 5.56 Å². The highest BCUT2D eigenvalue weighted by atomic mass is 16.6. The molecule has 0 aromatic heterocycles. The summed E-state index contributed by atoms with van der Waals surface area (Å²) in [6, 6.07) is 13.3. The third kappa shape index (κ3) is 3.49. The first-order valence-corrected chi connectivity index (χ1v) is 6.46. The summed E-state index contributed by atoms with van der Waals surface area (Å²) in [4.78, 5) is 36.0. The Morgan fingerprint density at radius 1 is 0.955 bits per heavy atom. The van der Waals surface area contributed by atoms with E-state index in [-0.39, 0.29) is 16.2 Å². The number of amides is 4. The largest absolute Gasteiger partial charge is 0.430 e. The van der Waals surface area contributed by atoms with Crippen LogP contribution in [0.2, 0.25) is 0 Å². The topological polar surface area (TPSA) is 89.7 Å². The molecule has 2 aromatic carbocycles. The minimum absolute atomic E-state index is 0.161. The Hall–Kier alpha value is -3.15. The molecule has 0 spiro atoms. The zero-order valence-corrected chi connectivity index (χ0v) is 11.9. The molecule has 0 radical (unpaired) electrons. The van der Waals surface area contributed by atoms with Crippen molar-refractivity contribution in [3.63, 3.8) is 0 Å². The minimum atomic E-state index is -1.20. The zero-order valence-electron chi connectivity index (χ0n) is 11.9. The molecule has 6 nitrogen and oxygen atoms in total. The Kier molecular flexibility index (Phi) is 4.53. The lowest BCUT2D eigenvalue weighted by Crippen LogP contribution is -2.46. The van der Waals surface area contributed by atoms with Crippen molar-refractivity contribution >= 4 is 18.0 Å². The first-order valence-electron chi connectivity index (χ1n) is 6.46. The molecular formula is C16H14N2O4. The maximum Gasteiger partial charge on any atom is 0.430 e. The fourth-order valence-corrected chi connectivity index (χ4v) is 1.73. The molecule has 22 heavy (non-hydrogen) atoms. The molecule has 0 aliphatic heterocycles. The molecule has 2 aromatic rings. The fourth-order valence-electron chi connectivity index (χ4n) is 1.73. The third-order valence-electron chi connectivity index (χ3n) is 2.85. The molecule has 2 rings (SSSR count). The van der Waals surface area contributed by atoms with Crippen LogP contribution in [0.4, 0.5) is 9.59 Å². The van der Waals surface area contributed by atoms with Gasteiger partial charge in [0.2, 0.25) is 0 Å². The standard InChI is InChI=1S/C16H14N2O4/c1-11-7-9-12(10-8-11)14(19)18(15(17)20)16(21)22-13-5-3-2-4-6-13/h2-10H,1H3,(H2,17,20). The van der Waals surface area contributed by atoms with Gasteiger partial charge in [-0.25, -0.2) is 9.59 Å². The first kappa shape index (κ1) is 15.2. The van der Waals surface area contributed by atoms with Crippen molar-refractivity contribution in [2.24, 2.45) is 5.73 Å². The number of nitrogens with zero attached hydrogens (tertiary/aromatic N) is 1. The maximum absolute atomic E-state index is 12.3. The van der Waals surface area contributed by atoms with E-state index in [1.54, 1.807) is 30.3 Å². The van der Waals surface area contributed by atoms with Crippen LogP contribution in [0.5, 0.6) is 5.75 Å². The van der Waals surface area contributed by atoms with Gasteiger partial charge in [0.15, 0.2) is 0 Å². The van der Waals surface area contributed by atoms with Gasteiger partial charge in [0.05, 0.1) is 0 Å². The van der Waals surface area contributed by atoms with Gasteiger partial charge in [0.1, 0.15) is 5.75 Å². The molecule has 0 saturated heterocycles. The number of primary amides is 1. The minimum Gasteiger partial charge on any atom is -0.410 e. The smallest absolute Gasteiger partial charge is 0.410 e. The van der Waals surface area contributed by atoms with E-state index in [9.17, 15) is 14.4 Å². The maximum atomic E-state index is 12.3. The van der Waals surface area contributed by atoms with E-state index in [4.69, 9.17) is 10.5 Å². The Morgan fingerprint density at radius 2 is 1.55 bits per heavy atom. The predicted molar refractivity (Wildman–Crippen MR) is 79.4 cm³/mol. The lowest BCUT2D eigenvalue weighted by Gasteiger charge is -2.16. The Balaban J connectivity index is 2.22. The molecule has 0 aliphatic rings. The lowest BCUT2D eigenvalue weighted by molar-refractivity contribution is 0.0804. The molecule has 2 N–H and O–H groups in total. The van der Waals surface area contributed by atoms with Crippen LogP contribution in [0, 0.1) is 6.92 Å². The number of urea groups is 1. The Labute approximate surface area is 127 Å². The normalized spacial score (nSPS) is 9.86. The number of carbonyl (C=O) groups is 3. The summed E-state index contributed by atoms with van der Waals surface area (Å²) in [5, 5.41) is 0. The molecule has 4 amide bonds. The number of carbonyl (C=O) groups excluding carboxylic acids is 3. The van der Waals surface area contributed by atoms with Crippen LogP contribution < -0.4 is 10.5 Å². The van der Waals surface area contributed by atoms with E-state index < -0.39 is 18.0 Å². The Bertz CT molecular complexity index is 696. The van der Waals surface area contributed by atoms with Gasteiger partial charge in [-0.1, -0.05) is 35.9 Å². The monoisotopic (exact) mass is 298 g/mol. The summed E-state index contributed by atoms with van der Waals surface area (Å²) in [6.07, 6.45) is -1.15. The van der Waals surface area contributed by atoms with E-state index in [2.05, 4.69) is 0 Å². The van der Waals surface area contributed by atoms with Crippen molar-refractivity contribution in [1.82, 2.24) is 4.90 Å². The van der Waals surface area contributed by atoms with Crippen LogP contribution in [0.1, 0.15) is 15.9 Å². The summed E-state index contributed by atoms with van der Waals surface area (Å²) in [7, 11) is 0. The van der Waals surface area contributed by atoms with Crippen LogP contribution in [-0.2, 0) is 0 Å². The van der Waals surface area contributed by atoms with E-state index in [1.807, 2.05) is 6.92 Å². The number of nitrogens with two attached hydrogens (primary N) is 1. The third-order valence-corrected chi connectivity index (χ3v) is 2.85. The second kappa shape index (κ2) is 6.53. The second-order valence-corrected chi connectivity index (χ2v) is 4.53. The molecule has 0 aliphatic carbocycles. The van der Waals surface area contributed by atoms with Crippen molar-refractivity contribution in [3.8, 4) is 5.75 Å². The van der Waals surface area contributed by atoms with Crippen LogP contribution >= 0.6 is 0 Å². The Morgan fingerprint density at radius 3 is 2.09 bits per heavy atom. The van der Waals surface area contributed by atoms with Gasteiger partial charge in [0, 0.05) is 5.56 Å². The average molecular weight is 298 g/mol. The van der Waals surface area contributed by atoms with Gasteiger partial charge in [-0.15, -0.1) is 0 Å². The predicted octanol–water partition coefficient (Wildman–Crippen LogP) is 2.71. The number of rotatable bonds is 2. The zero-order chi connectivity index (χ0) is 16.1. The van der Waals surface area contributed by atoms with Crippen molar-refractivity contribution in [3.05, 3.63) is 65.7 Å². The number of aryl methyl sites for hydroxylation is 1. The number of para-hydroxylation sites is 1. The molecule has 0 atom stereocenters. The molecule has 0 fully saturated rings. The van der Waals surface area contributed by atoms with Crippen molar-refractivity contribution in [2.75, 3.05) is 0 Å². The molecule has 0 heterocycles. The van der Waals surface area contributed by atoms with E-state index in [1.165, 1.54) is 24.3 Å². The van der Waals surface area contributed by atoms with E-state index in [0.29, 0.717) is 0 Å². The summed E-state index contributed by atoms with van der Waals surface area (Å²) in [6.45, 7) is 1.85. The van der Waals surface area contributed by atoms with Gasteiger partial charge in [0.25, 0.3) is 5.91 Å². The van der Waals surface area contributed by atoms with Gasteiger partial charge < -0.3 is 10.5 Å². The highest BCUT2D eigenvalue weighted by molar-refractivity contribution is 6.14. The highest BCUT2D eigenvalue weighted by Gasteiger charge is 2.29. The number of hydrogen-bond acceptors (Lipinski definition) is 4. The van der Waals surface area contributed by atoms with Crippen molar-refractivity contribution in [1.29, 1.82) is 0 Å². The summed E-state index contributed by atoms with van der Waals surface area (Å²) < 4.78 is 4.97. The average Bonchev–Trinajstić information content (AvgIpc) is 2.48. The van der Waals surface area contributed by atoms with E-state index >= 15 is 0 Å². The molecule has 112 valence electrons. The van der Waals surface area contributed by atoms with Crippen LogP contribution in [0.25, 0.3) is 0 Å². The SMILES string of the molecule is Cc1ccc(C(=O)N(C(N)=O)C(=O)Oc2ccccc2)cc1. The number of imide groups is 3. The molecule has 0 bridgehead atoms. The first-order chi connectivity index (χ1) is 10.5. The lowest BCUT2D eigenvalue weighted by atomic mass is 10.1. The number of ether oxygens (including phenoxy) is 1. The van der Waals surface area contributed by atoms with Gasteiger partial charge >= 0.3 is 12.1 Å². The summed E-state index contributed by atoms with van der Waals surface area (Å²) in [5.41, 5.74) is 6.23. The quantitative estimate of drug-likeness (QED) is 0.923. The molecule has 0 saturated carbocycles. The summed E-state index contributed by atoms with van der Waals surface area (Å²) >= 11 is 0. The second-order valence-electron chi connectivity index (χ2n) is 4.53.